The number of hydrogen-bond donors (Lipinski definition) is 1. The summed E-state index contributed by atoms with van der Waals surface area (Å²) in [7, 11) is 0. The van der Waals surface area contributed by atoms with Crippen molar-refractivity contribution >= 4 is 39.1 Å². The summed E-state index contributed by atoms with van der Waals surface area (Å²) in [5.74, 6) is -0.622. The Morgan fingerprint density at radius 1 is 1.09 bits per heavy atom. The summed E-state index contributed by atoms with van der Waals surface area (Å²) >= 11 is 1.49. The summed E-state index contributed by atoms with van der Waals surface area (Å²) in [6.45, 7) is 6.20. The molecule has 0 saturated heterocycles. The van der Waals surface area contributed by atoms with E-state index >= 15 is 0 Å². The number of carbonyl (C=O) groups is 2. The lowest BCUT2D eigenvalue weighted by Crippen LogP contribution is -2.16. The largest absolute Gasteiger partial charge is 0.462 e. The summed E-state index contributed by atoms with van der Waals surface area (Å²) in [5.41, 5.74) is 6.85. The highest BCUT2D eigenvalue weighted by Gasteiger charge is 2.29. The van der Waals surface area contributed by atoms with E-state index in [2.05, 4.69) is 31.3 Å². The van der Waals surface area contributed by atoms with Gasteiger partial charge in [0.05, 0.1) is 28.9 Å². The maximum Gasteiger partial charge on any atom is 0.341 e. The topological polar surface area (TPSA) is 68.3 Å². The molecule has 5 nitrogen and oxygen atoms in total. The summed E-state index contributed by atoms with van der Waals surface area (Å²) in [4.78, 5) is 32.4. The van der Waals surface area contributed by atoms with Gasteiger partial charge in [0, 0.05) is 15.8 Å². The van der Waals surface area contributed by atoms with Crippen molar-refractivity contribution in [3.8, 4) is 11.3 Å². The van der Waals surface area contributed by atoms with Crippen LogP contribution in [0.3, 0.4) is 0 Å². The minimum atomic E-state index is -0.368. The van der Waals surface area contributed by atoms with Crippen LogP contribution < -0.4 is 5.32 Å². The molecular weight excluding hydrogens is 444 g/mol. The number of carbonyl (C=O) groups excluding carboxylic acids is 2. The molecule has 0 atom stereocenters. The van der Waals surface area contributed by atoms with Gasteiger partial charge in [0.2, 0.25) is 0 Å². The molecule has 0 spiro atoms. The van der Waals surface area contributed by atoms with Crippen LogP contribution in [0.5, 0.6) is 0 Å². The predicted molar refractivity (Wildman–Crippen MR) is 137 cm³/mol. The monoisotopic (exact) mass is 470 g/mol. The van der Waals surface area contributed by atoms with Crippen LogP contribution >= 0.6 is 11.3 Å². The number of pyridine rings is 1. The number of nitrogens with zero attached hydrogens (tertiary/aromatic N) is 1. The number of rotatable bonds is 5. The van der Waals surface area contributed by atoms with Crippen molar-refractivity contribution in [2.45, 2.75) is 40.0 Å². The van der Waals surface area contributed by atoms with Gasteiger partial charge in [0.25, 0.3) is 5.91 Å². The van der Waals surface area contributed by atoms with E-state index in [1.165, 1.54) is 16.9 Å². The van der Waals surface area contributed by atoms with Crippen molar-refractivity contribution in [1.29, 1.82) is 0 Å². The number of amides is 1. The lowest BCUT2D eigenvalue weighted by molar-refractivity contribution is 0.0527. The molecule has 0 radical (unpaired) electrons. The maximum atomic E-state index is 13.6. The van der Waals surface area contributed by atoms with E-state index < -0.39 is 0 Å². The second-order valence-electron chi connectivity index (χ2n) is 8.63. The number of aryl methyl sites for hydroxylation is 3. The van der Waals surface area contributed by atoms with Crippen LogP contribution in [-0.2, 0) is 17.6 Å². The van der Waals surface area contributed by atoms with Gasteiger partial charge < -0.3 is 10.1 Å². The van der Waals surface area contributed by atoms with Crippen molar-refractivity contribution in [2.75, 3.05) is 11.9 Å². The first-order valence-corrected chi connectivity index (χ1v) is 12.4. The molecule has 0 aliphatic heterocycles. The van der Waals surface area contributed by atoms with Crippen LogP contribution in [0.2, 0.25) is 0 Å². The Bertz CT molecular complexity index is 1440. The van der Waals surface area contributed by atoms with Crippen LogP contribution in [0.1, 0.15) is 55.6 Å². The number of benzene rings is 2. The quantitative estimate of drug-likeness (QED) is 0.338. The lowest BCUT2D eigenvalue weighted by Gasteiger charge is -2.13. The van der Waals surface area contributed by atoms with Gasteiger partial charge in [-0.2, -0.15) is 0 Å². The number of thiophene rings is 1. The zero-order chi connectivity index (χ0) is 23.8. The Morgan fingerprint density at radius 2 is 1.91 bits per heavy atom. The van der Waals surface area contributed by atoms with Crippen LogP contribution in [0.4, 0.5) is 5.00 Å². The lowest BCUT2D eigenvalue weighted by atomic mass is 9.99. The molecular formula is C28H26N2O3S. The number of nitrogens with one attached hydrogen (secondary N) is 1. The molecule has 1 aliphatic carbocycles. The number of aromatic nitrogens is 1. The van der Waals surface area contributed by atoms with Crippen molar-refractivity contribution in [1.82, 2.24) is 4.98 Å². The fourth-order valence-corrected chi connectivity index (χ4v) is 5.96. The van der Waals surface area contributed by atoms with Gasteiger partial charge in [-0.1, -0.05) is 42.0 Å². The molecule has 4 aromatic rings. The van der Waals surface area contributed by atoms with Crippen LogP contribution in [0.25, 0.3) is 22.2 Å². The Balaban J connectivity index is 1.59. The maximum absolute atomic E-state index is 13.6. The number of ether oxygens (including phenoxy) is 1. The first kappa shape index (κ1) is 22.3. The predicted octanol–water partition coefficient (Wildman–Crippen LogP) is 6.50. The zero-order valence-corrected chi connectivity index (χ0v) is 20.3. The first-order valence-electron chi connectivity index (χ1n) is 11.6. The van der Waals surface area contributed by atoms with Crippen LogP contribution in [0, 0.1) is 13.8 Å². The van der Waals surface area contributed by atoms with Crippen molar-refractivity contribution < 1.29 is 14.3 Å². The van der Waals surface area contributed by atoms with Gasteiger partial charge in [-0.25, -0.2) is 9.78 Å². The van der Waals surface area contributed by atoms with Gasteiger partial charge in [-0.15, -0.1) is 11.3 Å². The van der Waals surface area contributed by atoms with Gasteiger partial charge in [-0.3, -0.25) is 4.79 Å². The number of para-hydroxylation sites is 1. The molecule has 1 N–H and O–H groups in total. The van der Waals surface area contributed by atoms with Gasteiger partial charge in [0.1, 0.15) is 5.00 Å². The summed E-state index contributed by atoms with van der Waals surface area (Å²) in [6.07, 6.45) is 2.79. The SMILES string of the molecule is CCOC(=O)c1c(NC(=O)c2cc(-c3ccc(C)cc3C)nc3ccccc23)sc2c1CCC2. The zero-order valence-electron chi connectivity index (χ0n) is 19.5. The minimum absolute atomic E-state index is 0.255. The summed E-state index contributed by atoms with van der Waals surface area (Å²) in [6, 6.07) is 15.7. The Morgan fingerprint density at radius 3 is 2.71 bits per heavy atom. The number of anilines is 1. The molecule has 172 valence electrons. The third-order valence-electron chi connectivity index (χ3n) is 6.25. The van der Waals surface area contributed by atoms with Crippen LogP contribution in [-0.4, -0.2) is 23.5 Å². The molecule has 1 amide bonds. The number of fused-ring (bicyclic) bond motifs is 2. The van der Waals surface area contributed by atoms with Crippen LogP contribution in [0.15, 0.2) is 48.5 Å². The van der Waals surface area contributed by atoms with E-state index in [4.69, 9.17) is 9.72 Å². The van der Waals surface area contributed by atoms with Gasteiger partial charge in [0.15, 0.2) is 0 Å². The molecule has 5 rings (SSSR count). The Kier molecular flexibility index (Phi) is 5.92. The van der Waals surface area contributed by atoms with Crippen molar-refractivity contribution in [2.24, 2.45) is 0 Å². The van der Waals surface area contributed by atoms with E-state index in [1.807, 2.05) is 36.4 Å². The second kappa shape index (κ2) is 9.03. The molecule has 0 bridgehead atoms. The van der Waals surface area contributed by atoms with E-state index in [0.29, 0.717) is 22.7 Å². The third-order valence-corrected chi connectivity index (χ3v) is 7.45. The normalized spacial score (nSPS) is 12.6. The highest BCUT2D eigenvalue weighted by Crippen LogP contribution is 2.40. The van der Waals surface area contributed by atoms with Gasteiger partial charge >= 0.3 is 5.97 Å². The average Bonchev–Trinajstić information content (AvgIpc) is 3.39. The number of esters is 1. The smallest absolute Gasteiger partial charge is 0.341 e. The van der Waals surface area contributed by atoms with Crippen molar-refractivity contribution in [3.63, 3.8) is 0 Å². The van der Waals surface area contributed by atoms with Gasteiger partial charge in [-0.05, 0) is 63.3 Å². The molecule has 34 heavy (non-hydrogen) atoms. The fraction of sp³-hybridized carbons (Fsp3) is 0.250. The van der Waals surface area contributed by atoms with E-state index in [9.17, 15) is 9.59 Å². The van der Waals surface area contributed by atoms with E-state index in [-0.39, 0.29) is 11.9 Å². The van der Waals surface area contributed by atoms with Crippen molar-refractivity contribution in [3.05, 3.63) is 81.2 Å². The summed E-state index contributed by atoms with van der Waals surface area (Å²) in [5, 5.41) is 4.39. The van der Waals surface area contributed by atoms with E-state index in [1.54, 1.807) is 6.92 Å². The summed E-state index contributed by atoms with van der Waals surface area (Å²) < 4.78 is 5.32. The molecule has 0 saturated carbocycles. The highest BCUT2D eigenvalue weighted by atomic mass is 32.1. The molecule has 2 aromatic carbocycles. The third kappa shape index (κ3) is 3.99. The Labute approximate surface area is 202 Å². The Hall–Kier alpha value is -3.51. The minimum Gasteiger partial charge on any atom is -0.462 e. The first-order chi connectivity index (χ1) is 16.5. The van der Waals surface area contributed by atoms with E-state index in [0.717, 1.165) is 57.4 Å². The molecule has 0 unspecified atom stereocenters. The highest BCUT2D eigenvalue weighted by molar-refractivity contribution is 7.17. The molecule has 6 heteroatoms. The fourth-order valence-electron chi connectivity index (χ4n) is 4.68. The molecule has 2 heterocycles. The molecule has 2 aromatic heterocycles. The average molecular weight is 471 g/mol. The molecule has 1 aliphatic rings. The standard InChI is InChI=1S/C28H26N2O3S/c1-4-33-28(32)25-20-9-7-11-24(20)34-27(25)30-26(31)21-15-23(18-13-12-16(2)14-17(18)3)29-22-10-6-5-8-19(21)22/h5-6,8,10,12-15H,4,7,9,11H2,1-3H3,(H,30,31). The second-order valence-corrected chi connectivity index (χ2v) is 9.73. The molecule has 0 fully saturated rings. The number of hydrogen-bond acceptors (Lipinski definition) is 5.